The van der Waals surface area contributed by atoms with E-state index in [1.807, 2.05) is 30.5 Å². The molecule has 0 unspecified atom stereocenters. The number of hydrogen-bond donors (Lipinski definition) is 1. The summed E-state index contributed by atoms with van der Waals surface area (Å²) in [6, 6.07) is 12.4. The summed E-state index contributed by atoms with van der Waals surface area (Å²) >= 11 is 0. The highest BCUT2D eigenvalue weighted by atomic mass is 16.5. The van der Waals surface area contributed by atoms with Crippen LogP contribution in [-0.4, -0.2) is 35.8 Å². The minimum Gasteiger partial charge on any atom is -0.424 e. The van der Waals surface area contributed by atoms with Crippen molar-refractivity contribution in [3.8, 4) is 0 Å². The van der Waals surface area contributed by atoms with Gasteiger partial charge in [0.2, 0.25) is 0 Å². The SMILES string of the molecule is C[C@H]1CN(c2ccc(CNc3nc4ccccc4o3)cn2)CCO1. The van der Waals surface area contributed by atoms with Crippen molar-refractivity contribution in [2.75, 3.05) is 29.9 Å². The van der Waals surface area contributed by atoms with Crippen molar-refractivity contribution >= 4 is 22.9 Å². The molecule has 3 aromatic rings. The number of nitrogens with one attached hydrogen (secondary N) is 1. The van der Waals surface area contributed by atoms with Gasteiger partial charge >= 0.3 is 0 Å². The first kappa shape index (κ1) is 15.0. The van der Waals surface area contributed by atoms with E-state index in [0.717, 1.165) is 42.2 Å². The Morgan fingerprint density at radius 3 is 2.96 bits per heavy atom. The van der Waals surface area contributed by atoms with Gasteiger partial charge in [0.05, 0.1) is 12.7 Å². The molecule has 0 amide bonds. The highest BCUT2D eigenvalue weighted by Gasteiger charge is 2.17. The third-order valence-corrected chi connectivity index (χ3v) is 4.11. The molecule has 1 aromatic carbocycles. The fourth-order valence-electron chi connectivity index (χ4n) is 2.86. The minimum atomic E-state index is 0.251. The van der Waals surface area contributed by atoms with Crippen molar-refractivity contribution in [3.63, 3.8) is 0 Å². The lowest BCUT2D eigenvalue weighted by molar-refractivity contribution is 0.0529. The Kier molecular flexibility index (Phi) is 4.04. The Morgan fingerprint density at radius 2 is 2.17 bits per heavy atom. The molecule has 24 heavy (non-hydrogen) atoms. The van der Waals surface area contributed by atoms with Gasteiger partial charge < -0.3 is 19.4 Å². The van der Waals surface area contributed by atoms with E-state index in [1.165, 1.54) is 0 Å². The summed E-state index contributed by atoms with van der Waals surface area (Å²) in [6.45, 7) is 5.24. The summed E-state index contributed by atoms with van der Waals surface area (Å²) in [6.07, 6.45) is 2.14. The maximum atomic E-state index is 5.66. The maximum absolute atomic E-state index is 5.66. The van der Waals surface area contributed by atoms with Crippen molar-refractivity contribution in [2.24, 2.45) is 0 Å². The van der Waals surface area contributed by atoms with Gasteiger partial charge in [-0.3, -0.25) is 0 Å². The molecule has 0 saturated carbocycles. The maximum Gasteiger partial charge on any atom is 0.295 e. The van der Waals surface area contributed by atoms with Crippen LogP contribution in [0.15, 0.2) is 47.0 Å². The molecule has 1 aliphatic rings. The van der Waals surface area contributed by atoms with Gasteiger partial charge in [0.1, 0.15) is 11.3 Å². The number of nitrogens with zero attached hydrogens (tertiary/aromatic N) is 3. The van der Waals surface area contributed by atoms with Gasteiger partial charge in [0, 0.05) is 25.8 Å². The standard InChI is InChI=1S/C18H20N4O2/c1-13-12-22(8-9-23-13)17-7-6-14(10-19-17)11-20-18-21-15-4-2-3-5-16(15)24-18/h2-7,10,13H,8-9,11-12H2,1H3,(H,20,21)/t13-/m0/s1. The molecule has 1 saturated heterocycles. The first-order valence-electron chi connectivity index (χ1n) is 8.19. The van der Waals surface area contributed by atoms with E-state index < -0.39 is 0 Å². The van der Waals surface area contributed by atoms with Crippen molar-refractivity contribution < 1.29 is 9.15 Å². The number of aromatic nitrogens is 2. The molecule has 1 aliphatic heterocycles. The molecule has 4 rings (SSSR count). The average molecular weight is 324 g/mol. The van der Waals surface area contributed by atoms with Crippen molar-refractivity contribution in [3.05, 3.63) is 48.2 Å². The van der Waals surface area contributed by atoms with Gasteiger partial charge in [0.15, 0.2) is 5.58 Å². The average Bonchev–Trinajstić information content (AvgIpc) is 3.03. The predicted octanol–water partition coefficient (Wildman–Crippen LogP) is 3.06. The van der Waals surface area contributed by atoms with E-state index in [4.69, 9.17) is 9.15 Å². The van der Waals surface area contributed by atoms with Gasteiger partial charge in [-0.25, -0.2) is 4.98 Å². The second kappa shape index (κ2) is 6.49. The van der Waals surface area contributed by atoms with Crippen LogP contribution in [0.3, 0.4) is 0 Å². The van der Waals surface area contributed by atoms with Crippen LogP contribution in [-0.2, 0) is 11.3 Å². The number of fused-ring (bicyclic) bond motifs is 1. The molecule has 0 spiro atoms. The number of morpholine rings is 1. The van der Waals surface area contributed by atoms with E-state index in [1.54, 1.807) is 0 Å². The zero-order chi connectivity index (χ0) is 16.4. The quantitative estimate of drug-likeness (QED) is 0.796. The number of hydrogen-bond acceptors (Lipinski definition) is 6. The second-order valence-corrected chi connectivity index (χ2v) is 5.99. The Morgan fingerprint density at radius 1 is 1.25 bits per heavy atom. The highest BCUT2D eigenvalue weighted by molar-refractivity contribution is 5.74. The smallest absolute Gasteiger partial charge is 0.295 e. The molecule has 1 N–H and O–H groups in total. The molecule has 0 radical (unpaired) electrons. The number of anilines is 2. The van der Waals surface area contributed by atoms with Gasteiger partial charge in [-0.15, -0.1) is 0 Å². The Hall–Kier alpha value is -2.60. The lowest BCUT2D eigenvalue weighted by atomic mass is 10.2. The normalized spacial score (nSPS) is 18.0. The molecular weight excluding hydrogens is 304 g/mol. The first-order chi connectivity index (χ1) is 11.8. The van der Waals surface area contributed by atoms with Crippen LogP contribution in [0.4, 0.5) is 11.8 Å². The Balaban J connectivity index is 1.40. The van der Waals surface area contributed by atoms with Crippen LogP contribution in [0.25, 0.3) is 11.1 Å². The fourth-order valence-corrected chi connectivity index (χ4v) is 2.86. The lowest BCUT2D eigenvalue weighted by Gasteiger charge is -2.32. The summed E-state index contributed by atoms with van der Waals surface area (Å²) < 4.78 is 11.2. The van der Waals surface area contributed by atoms with E-state index >= 15 is 0 Å². The van der Waals surface area contributed by atoms with E-state index in [2.05, 4.69) is 39.2 Å². The van der Waals surface area contributed by atoms with Crippen LogP contribution < -0.4 is 10.2 Å². The number of para-hydroxylation sites is 2. The molecule has 0 aliphatic carbocycles. The molecular formula is C18H20N4O2. The monoisotopic (exact) mass is 324 g/mol. The minimum absolute atomic E-state index is 0.251. The Labute approximate surface area is 140 Å². The largest absolute Gasteiger partial charge is 0.424 e. The van der Waals surface area contributed by atoms with Gasteiger partial charge in [-0.2, -0.15) is 4.98 Å². The van der Waals surface area contributed by atoms with Crippen LogP contribution >= 0.6 is 0 Å². The molecule has 0 bridgehead atoms. The number of pyridine rings is 1. The molecule has 1 fully saturated rings. The number of ether oxygens (including phenoxy) is 1. The first-order valence-corrected chi connectivity index (χ1v) is 8.19. The zero-order valence-corrected chi connectivity index (χ0v) is 13.6. The number of oxazole rings is 1. The van der Waals surface area contributed by atoms with Gasteiger partial charge in [0.25, 0.3) is 6.01 Å². The van der Waals surface area contributed by atoms with Gasteiger partial charge in [-0.1, -0.05) is 18.2 Å². The predicted molar refractivity (Wildman–Crippen MR) is 93.2 cm³/mol. The van der Waals surface area contributed by atoms with Crippen molar-refractivity contribution in [2.45, 2.75) is 19.6 Å². The lowest BCUT2D eigenvalue weighted by Crippen LogP contribution is -2.41. The van der Waals surface area contributed by atoms with Crippen molar-refractivity contribution in [1.82, 2.24) is 9.97 Å². The summed E-state index contributed by atoms with van der Waals surface area (Å²) in [7, 11) is 0. The van der Waals surface area contributed by atoms with Gasteiger partial charge in [-0.05, 0) is 30.7 Å². The number of rotatable bonds is 4. The molecule has 6 nitrogen and oxygen atoms in total. The second-order valence-electron chi connectivity index (χ2n) is 5.99. The van der Waals surface area contributed by atoms with Crippen molar-refractivity contribution in [1.29, 1.82) is 0 Å². The summed E-state index contributed by atoms with van der Waals surface area (Å²) in [5, 5.41) is 3.21. The van der Waals surface area contributed by atoms with E-state index in [0.29, 0.717) is 12.6 Å². The zero-order valence-electron chi connectivity index (χ0n) is 13.6. The molecule has 1 atom stereocenters. The Bertz CT molecular complexity index is 782. The highest BCUT2D eigenvalue weighted by Crippen LogP contribution is 2.19. The summed E-state index contributed by atoms with van der Waals surface area (Å²) in [5.74, 6) is 0.996. The number of benzene rings is 1. The van der Waals surface area contributed by atoms with Crippen LogP contribution in [0.5, 0.6) is 0 Å². The molecule has 6 heteroatoms. The van der Waals surface area contributed by atoms with E-state index in [-0.39, 0.29) is 6.10 Å². The fraction of sp³-hybridized carbons (Fsp3) is 0.333. The van der Waals surface area contributed by atoms with E-state index in [9.17, 15) is 0 Å². The van der Waals surface area contributed by atoms with Crippen LogP contribution in [0.2, 0.25) is 0 Å². The topological polar surface area (TPSA) is 63.4 Å². The van der Waals surface area contributed by atoms with Crippen LogP contribution in [0.1, 0.15) is 12.5 Å². The third kappa shape index (κ3) is 3.19. The third-order valence-electron chi connectivity index (χ3n) is 4.11. The molecule has 3 heterocycles. The van der Waals surface area contributed by atoms with Crippen LogP contribution in [0, 0.1) is 0 Å². The molecule has 124 valence electrons. The molecule has 2 aromatic heterocycles. The summed E-state index contributed by atoms with van der Waals surface area (Å²) in [4.78, 5) is 11.2. The summed E-state index contributed by atoms with van der Waals surface area (Å²) in [5.41, 5.74) is 2.73.